The molecule has 2 amide bonds. The first-order chi connectivity index (χ1) is 12.1. The zero-order valence-corrected chi connectivity index (χ0v) is 15.4. The number of nitrogens with two attached hydrogens (primary N) is 1. The highest BCUT2D eigenvalue weighted by atomic mass is 16.2. The maximum atomic E-state index is 13.0. The quantitative estimate of drug-likeness (QED) is 0.832. The number of rotatable bonds is 2. The van der Waals surface area contributed by atoms with Gasteiger partial charge in [0.2, 0.25) is 11.8 Å². The topological polar surface area (TPSA) is 66.6 Å². The van der Waals surface area contributed by atoms with Gasteiger partial charge in [-0.25, -0.2) is 0 Å². The van der Waals surface area contributed by atoms with Gasteiger partial charge in [-0.15, -0.1) is 0 Å². The Morgan fingerprint density at radius 2 is 1.60 bits per heavy atom. The van der Waals surface area contributed by atoms with E-state index in [2.05, 4.69) is 9.80 Å². The molecule has 2 saturated carbocycles. The van der Waals surface area contributed by atoms with Gasteiger partial charge in [-0.2, -0.15) is 0 Å². The second-order valence-corrected chi connectivity index (χ2v) is 8.80. The van der Waals surface area contributed by atoms with Crippen molar-refractivity contribution in [1.29, 1.82) is 0 Å². The van der Waals surface area contributed by atoms with Crippen LogP contribution in [0.5, 0.6) is 0 Å². The van der Waals surface area contributed by atoms with Crippen LogP contribution in [0.4, 0.5) is 0 Å². The zero-order valence-electron chi connectivity index (χ0n) is 15.4. The van der Waals surface area contributed by atoms with E-state index in [1.54, 1.807) is 0 Å². The first kappa shape index (κ1) is 17.3. The molecule has 0 radical (unpaired) electrons. The third kappa shape index (κ3) is 3.44. The van der Waals surface area contributed by atoms with Crippen LogP contribution in [0.1, 0.15) is 64.2 Å². The molecule has 5 heteroatoms. The Morgan fingerprint density at radius 1 is 0.920 bits per heavy atom. The lowest BCUT2D eigenvalue weighted by Gasteiger charge is -2.46. The molecule has 2 aliphatic heterocycles. The van der Waals surface area contributed by atoms with Crippen LogP contribution < -0.4 is 5.73 Å². The van der Waals surface area contributed by atoms with Gasteiger partial charge < -0.3 is 15.5 Å². The number of nitrogens with zero attached hydrogens (tertiary/aromatic N) is 2. The normalized spacial score (nSPS) is 37.2. The van der Waals surface area contributed by atoms with Crippen LogP contribution in [0.3, 0.4) is 0 Å². The van der Waals surface area contributed by atoms with Gasteiger partial charge in [-0.3, -0.25) is 9.59 Å². The first-order valence-corrected chi connectivity index (χ1v) is 10.5. The number of amides is 2. The minimum Gasteiger partial charge on any atom is -0.342 e. The molecule has 2 aliphatic carbocycles. The molecule has 2 unspecified atom stereocenters. The van der Waals surface area contributed by atoms with Crippen molar-refractivity contribution >= 4 is 11.8 Å². The largest absolute Gasteiger partial charge is 0.342 e. The van der Waals surface area contributed by atoms with Gasteiger partial charge in [-0.1, -0.05) is 6.42 Å². The van der Waals surface area contributed by atoms with Crippen LogP contribution in [0, 0.1) is 17.8 Å². The minimum absolute atomic E-state index is 0.197. The predicted octanol–water partition coefficient (Wildman–Crippen LogP) is 2.14. The van der Waals surface area contributed by atoms with Crippen molar-refractivity contribution in [2.75, 3.05) is 19.6 Å². The molecule has 0 aromatic carbocycles. The molecular weight excluding hydrogens is 314 g/mol. The smallest absolute Gasteiger partial charge is 0.225 e. The van der Waals surface area contributed by atoms with Gasteiger partial charge in [0, 0.05) is 44.1 Å². The fraction of sp³-hybridized carbons (Fsp3) is 0.900. The number of likely N-dealkylation sites (tertiary alicyclic amines) is 2. The monoisotopic (exact) mass is 347 g/mol. The Bertz CT molecular complexity index is 501. The third-order valence-corrected chi connectivity index (χ3v) is 7.34. The van der Waals surface area contributed by atoms with Crippen LogP contribution in [-0.4, -0.2) is 53.3 Å². The maximum Gasteiger partial charge on any atom is 0.225 e. The second-order valence-electron chi connectivity index (χ2n) is 8.80. The molecule has 4 aliphatic rings. The number of fused-ring (bicyclic) bond motifs is 2. The molecule has 2 saturated heterocycles. The average molecular weight is 348 g/mol. The average Bonchev–Trinajstić information content (AvgIpc) is 2.61. The van der Waals surface area contributed by atoms with E-state index in [1.165, 1.54) is 19.3 Å². The van der Waals surface area contributed by atoms with Crippen molar-refractivity contribution in [1.82, 2.24) is 9.80 Å². The van der Waals surface area contributed by atoms with E-state index in [0.717, 1.165) is 58.2 Å². The van der Waals surface area contributed by atoms with Gasteiger partial charge in [0.05, 0.1) is 0 Å². The lowest BCUT2D eigenvalue weighted by Crippen LogP contribution is -2.53. The summed E-state index contributed by atoms with van der Waals surface area (Å²) in [5, 5.41) is 0. The predicted molar refractivity (Wildman–Crippen MR) is 96.7 cm³/mol. The van der Waals surface area contributed by atoms with Crippen molar-refractivity contribution in [3.05, 3.63) is 0 Å². The Labute approximate surface area is 151 Å². The molecule has 2 heterocycles. The van der Waals surface area contributed by atoms with Crippen molar-refractivity contribution in [2.45, 2.75) is 76.3 Å². The van der Waals surface area contributed by atoms with Gasteiger partial charge in [0.15, 0.2) is 0 Å². The van der Waals surface area contributed by atoms with Crippen LogP contribution >= 0.6 is 0 Å². The number of hydrogen-bond acceptors (Lipinski definition) is 3. The molecule has 0 spiro atoms. The lowest BCUT2D eigenvalue weighted by molar-refractivity contribution is -0.142. The molecule has 0 aromatic heterocycles. The molecule has 2 atom stereocenters. The van der Waals surface area contributed by atoms with E-state index >= 15 is 0 Å². The zero-order chi connectivity index (χ0) is 17.4. The number of carbonyl (C=O) groups is 2. The SMILES string of the molecule is NC1C2CCCC1CC(C(=O)N1CCC(N3CCCCC3=O)CC1)C2. The standard InChI is InChI=1S/C20H33N3O2/c21-19-14-4-3-5-15(19)13-16(12-14)20(25)22-10-7-17(8-11-22)23-9-2-1-6-18(23)24/h14-17,19H,1-13,21H2. The molecular formula is C20H33N3O2. The summed E-state index contributed by atoms with van der Waals surface area (Å²) in [6.07, 6.45) is 10.5. The van der Waals surface area contributed by atoms with Crippen molar-refractivity contribution in [3.8, 4) is 0 Å². The molecule has 4 rings (SSSR count). The third-order valence-electron chi connectivity index (χ3n) is 7.34. The summed E-state index contributed by atoms with van der Waals surface area (Å²) in [5.74, 6) is 2.01. The lowest BCUT2D eigenvalue weighted by atomic mass is 9.65. The van der Waals surface area contributed by atoms with E-state index < -0.39 is 0 Å². The van der Waals surface area contributed by atoms with Gasteiger partial charge in [-0.05, 0) is 63.2 Å². The first-order valence-electron chi connectivity index (χ1n) is 10.5. The van der Waals surface area contributed by atoms with E-state index in [4.69, 9.17) is 5.73 Å². The summed E-state index contributed by atoms with van der Waals surface area (Å²) in [6.45, 7) is 2.57. The van der Waals surface area contributed by atoms with Crippen molar-refractivity contribution < 1.29 is 9.59 Å². The number of carbonyl (C=O) groups excluding carboxylic acids is 2. The molecule has 2 bridgehead atoms. The van der Waals surface area contributed by atoms with Gasteiger partial charge >= 0.3 is 0 Å². The molecule has 4 fully saturated rings. The molecule has 2 N–H and O–H groups in total. The molecule has 140 valence electrons. The molecule has 25 heavy (non-hydrogen) atoms. The highest BCUT2D eigenvalue weighted by Crippen LogP contribution is 2.42. The fourth-order valence-corrected chi connectivity index (χ4v) is 5.86. The Morgan fingerprint density at radius 3 is 2.24 bits per heavy atom. The van der Waals surface area contributed by atoms with Crippen molar-refractivity contribution in [2.24, 2.45) is 23.5 Å². The highest BCUT2D eigenvalue weighted by Gasteiger charge is 2.42. The van der Waals surface area contributed by atoms with Gasteiger partial charge in [0.25, 0.3) is 0 Å². The van der Waals surface area contributed by atoms with Crippen molar-refractivity contribution in [3.63, 3.8) is 0 Å². The highest BCUT2D eigenvalue weighted by molar-refractivity contribution is 5.79. The summed E-state index contributed by atoms with van der Waals surface area (Å²) in [5.41, 5.74) is 6.38. The maximum absolute atomic E-state index is 13.0. The summed E-state index contributed by atoms with van der Waals surface area (Å²) < 4.78 is 0. The summed E-state index contributed by atoms with van der Waals surface area (Å²) >= 11 is 0. The molecule has 0 aromatic rings. The Hall–Kier alpha value is -1.10. The van der Waals surface area contributed by atoms with Crippen LogP contribution in [0.15, 0.2) is 0 Å². The summed E-state index contributed by atoms with van der Waals surface area (Å²) in [7, 11) is 0. The summed E-state index contributed by atoms with van der Waals surface area (Å²) in [6, 6.07) is 0.685. The Balaban J connectivity index is 1.32. The number of hydrogen-bond donors (Lipinski definition) is 1. The van der Waals surface area contributed by atoms with E-state index in [0.29, 0.717) is 42.2 Å². The van der Waals surface area contributed by atoms with Crippen LogP contribution in [0.2, 0.25) is 0 Å². The Kier molecular flexibility index (Phi) is 5.03. The second kappa shape index (κ2) is 7.26. The van der Waals surface area contributed by atoms with E-state index in [1.807, 2.05) is 0 Å². The van der Waals surface area contributed by atoms with Gasteiger partial charge in [0.1, 0.15) is 0 Å². The van der Waals surface area contributed by atoms with Crippen LogP contribution in [0.25, 0.3) is 0 Å². The van der Waals surface area contributed by atoms with Crippen LogP contribution in [-0.2, 0) is 9.59 Å². The van der Waals surface area contributed by atoms with E-state index in [-0.39, 0.29) is 5.92 Å². The molecule has 5 nitrogen and oxygen atoms in total. The van der Waals surface area contributed by atoms with E-state index in [9.17, 15) is 9.59 Å². The minimum atomic E-state index is 0.197. The number of piperidine rings is 2. The summed E-state index contributed by atoms with van der Waals surface area (Å²) in [4.78, 5) is 29.4. The fourth-order valence-electron chi connectivity index (χ4n) is 5.86.